The standard InChI is InChI=1S/C15H22N2O3/c1-5-16-13-9-7-6-8-12(13)14(18)17(3)10-11(2)15(19)20-4/h6-9,11,16H,5,10H2,1-4H3. The normalized spacial score (nSPS) is 11.6. The lowest BCUT2D eigenvalue weighted by Crippen LogP contribution is -2.34. The summed E-state index contributed by atoms with van der Waals surface area (Å²) in [6.07, 6.45) is 0. The van der Waals surface area contributed by atoms with Crippen LogP contribution in [0.3, 0.4) is 0 Å². The van der Waals surface area contributed by atoms with Gasteiger partial charge in [-0.2, -0.15) is 0 Å². The van der Waals surface area contributed by atoms with Crippen molar-refractivity contribution in [3.8, 4) is 0 Å². The van der Waals surface area contributed by atoms with Gasteiger partial charge >= 0.3 is 5.97 Å². The molecule has 1 unspecified atom stereocenters. The molecule has 1 rings (SSSR count). The molecule has 0 spiro atoms. The van der Waals surface area contributed by atoms with Crippen LogP contribution in [0.1, 0.15) is 24.2 Å². The molecule has 5 heteroatoms. The first-order valence-electron chi connectivity index (χ1n) is 6.67. The number of benzene rings is 1. The van der Waals surface area contributed by atoms with E-state index in [-0.39, 0.29) is 17.8 Å². The molecule has 20 heavy (non-hydrogen) atoms. The summed E-state index contributed by atoms with van der Waals surface area (Å²) in [6.45, 7) is 4.79. The van der Waals surface area contributed by atoms with Crippen molar-refractivity contribution in [1.29, 1.82) is 0 Å². The molecule has 0 fully saturated rings. The summed E-state index contributed by atoms with van der Waals surface area (Å²) in [4.78, 5) is 25.4. The SMILES string of the molecule is CCNc1ccccc1C(=O)N(C)CC(C)C(=O)OC. The molecule has 0 heterocycles. The van der Waals surface area contributed by atoms with Crippen LogP contribution in [0.25, 0.3) is 0 Å². The molecule has 0 bridgehead atoms. The van der Waals surface area contributed by atoms with E-state index in [0.717, 1.165) is 12.2 Å². The third-order valence-electron chi connectivity index (χ3n) is 3.02. The van der Waals surface area contributed by atoms with Gasteiger partial charge in [-0.3, -0.25) is 9.59 Å². The van der Waals surface area contributed by atoms with E-state index in [2.05, 4.69) is 10.1 Å². The molecule has 1 aromatic rings. The van der Waals surface area contributed by atoms with Crippen LogP contribution in [0.15, 0.2) is 24.3 Å². The Morgan fingerprint density at radius 2 is 2.00 bits per heavy atom. The van der Waals surface area contributed by atoms with Gasteiger partial charge in [-0.25, -0.2) is 0 Å². The van der Waals surface area contributed by atoms with Crippen LogP contribution < -0.4 is 5.32 Å². The van der Waals surface area contributed by atoms with E-state index in [1.54, 1.807) is 20.0 Å². The molecular weight excluding hydrogens is 256 g/mol. The highest BCUT2D eigenvalue weighted by atomic mass is 16.5. The topological polar surface area (TPSA) is 58.6 Å². The van der Waals surface area contributed by atoms with Gasteiger partial charge in [0.15, 0.2) is 0 Å². The van der Waals surface area contributed by atoms with E-state index >= 15 is 0 Å². The fourth-order valence-electron chi connectivity index (χ4n) is 1.99. The van der Waals surface area contributed by atoms with Crippen LogP contribution in [-0.4, -0.2) is 44.0 Å². The number of esters is 1. The lowest BCUT2D eigenvalue weighted by atomic mass is 10.1. The highest BCUT2D eigenvalue weighted by molar-refractivity contribution is 5.99. The lowest BCUT2D eigenvalue weighted by Gasteiger charge is -2.21. The van der Waals surface area contributed by atoms with Gasteiger partial charge in [-0.1, -0.05) is 19.1 Å². The Hall–Kier alpha value is -2.04. The second-order valence-corrected chi connectivity index (χ2v) is 4.69. The Morgan fingerprint density at radius 1 is 1.35 bits per heavy atom. The number of hydrogen-bond donors (Lipinski definition) is 1. The van der Waals surface area contributed by atoms with Crippen molar-refractivity contribution in [2.24, 2.45) is 5.92 Å². The summed E-state index contributed by atoms with van der Waals surface area (Å²) >= 11 is 0. The number of methoxy groups -OCH3 is 1. The van der Waals surface area contributed by atoms with Crippen molar-refractivity contribution in [1.82, 2.24) is 4.90 Å². The molecule has 0 saturated carbocycles. The summed E-state index contributed by atoms with van der Waals surface area (Å²) in [5.41, 5.74) is 1.41. The molecule has 1 atom stereocenters. The highest BCUT2D eigenvalue weighted by Crippen LogP contribution is 2.17. The van der Waals surface area contributed by atoms with E-state index in [4.69, 9.17) is 0 Å². The van der Waals surface area contributed by atoms with Gasteiger partial charge in [0.25, 0.3) is 5.91 Å². The monoisotopic (exact) mass is 278 g/mol. The maximum atomic E-state index is 12.4. The predicted octanol–water partition coefficient (Wildman–Crippen LogP) is 2.00. The molecule has 110 valence electrons. The van der Waals surface area contributed by atoms with Crippen molar-refractivity contribution >= 4 is 17.6 Å². The average Bonchev–Trinajstić information content (AvgIpc) is 2.46. The van der Waals surface area contributed by atoms with Crippen LogP contribution in [0.4, 0.5) is 5.69 Å². The average molecular weight is 278 g/mol. The van der Waals surface area contributed by atoms with E-state index in [0.29, 0.717) is 12.1 Å². The number of carbonyl (C=O) groups is 2. The van der Waals surface area contributed by atoms with Gasteiger partial charge in [-0.05, 0) is 19.1 Å². The molecule has 0 aliphatic carbocycles. The Balaban J connectivity index is 2.81. The largest absolute Gasteiger partial charge is 0.469 e. The summed E-state index contributed by atoms with van der Waals surface area (Å²) in [5.74, 6) is -0.776. The minimum absolute atomic E-state index is 0.114. The summed E-state index contributed by atoms with van der Waals surface area (Å²) < 4.78 is 4.67. The van der Waals surface area contributed by atoms with Crippen LogP contribution in [0.2, 0.25) is 0 Å². The molecule has 0 aliphatic rings. The number of anilines is 1. The van der Waals surface area contributed by atoms with Gasteiger partial charge in [0.2, 0.25) is 0 Å². The Labute approximate surface area is 119 Å². The van der Waals surface area contributed by atoms with Gasteiger partial charge in [0.05, 0.1) is 18.6 Å². The van der Waals surface area contributed by atoms with Gasteiger partial charge in [-0.15, -0.1) is 0 Å². The van der Waals surface area contributed by atoms with Crippen molar-refractivity contribution < 1.29 is 14.3 Å². The zero-order valence-electron chi connectivity index (χ0n) is 12.5. The molecular formula is C15H22N2O3. The lowest BCUT2D eigenvalue weighted by molar-refractivity contribution is -0.145. The minimum Gasteiger partial charge on any atom is -0.469 e. The molecule has 0 aromatic heterocycles. The van der Waals surface area contributed by atoms with Gasteiger partial charge in [0.1, 0.15) is 0 Å². The number of rotatable bonds is 6. The van der Waals surface area contributed by atoms with Crippen LogP contribution in [0, 0.1) is 5.92 Å². The molecule has 0 radical (unpaired) electrons. The molecule has 5 nitrogen and oxygen atoms in total. The number of para-hydroxylation sites is 1. The molecule has 1 amide bonds. The van der Waals surface area contributed by atoms with E-state index in [1.165, 1.54) is 12.0 Å². The summed E-state index contributed by atoms with van der Waals surface area (Å²) in [5, 5.41) is 3.16. The maximum absolute atomic E-state index is 12.4. The van der Waals surface area contributed by atoms with Gasteiger partial charge < -0.3 is 15.0 Å². The molecule has 0 saturated heterocycles. The fourth-order valence-corrected chi connectivity index (χ4v) is 1.99. The summed E-state index contributed by atoms with van der Waals surface area (Å²) in [6, 6.07) is 7.35. The number of carbonyl (C=O) groups excluding carboxylic acids is 2. The minimum atomic E-state index is -0.347. The van der Waals surface area contributed by atoms with Gasteiger partial charge in [0, 0.05) is 25.8 Å². The highest BCUT2D eigenvalue weighted by Gasteiger charge is 2.21. The first kappa shape index (κ1) is 16.0. The predicted molar refractivity (Wildman–Crippen MR) is 78.7 cm³/mol. The second-order valence-electron chi connectivity index (χ2n) is 4.69. The number of hydrogen-bond acceptors (Lipinski definition) is 4. The Morgan fingerprint density at radius 3 is 2.60 bits per heavy atom. The fraction of sp³-hybridized carbons (Fsp3) is 0.467. The number of nitrogens with one attached hydrogen (secondary N) is 1. The number of amides is 1. The zero-order valence-corrected chi connectivity index (χ0v) is 12.5. The second kappa shape index (κ2) is 7.53. The van der Waals surface area contributed by atoms with Crippen molar-refractivity contribution in [3.63, 3.8) is 0 Å². The smallest absolute Gasteiger partial charge is 0.310 e. The first-order chi connectivity index (χ1) is 9.51. The van der Waals surface area contributed by atoms with Crippen LogP contribution in [-0.2, 0) is 9.53 Å². The quantitative estimate of drug-likeness (QED) is 0.809. The van der Waals surface area contributed by atoms with Crippen molar-refractivity contribution in [2.45, 2.75) is 13.8 Å². The van der Waals surface area contributed by atoms with Crippen molar-refractivity contribution in [2.75, 3.05) is 32.6 Å². The number of nitrogens with zero attached hydrogens (tertiary/aromatic N) is 1. The first-order valence-corrected chi connectivity index (χ1v) is 6.67. The zero-order chi connectivity index (χ0) is 15.1. The van der Waals surface area contributed by atoms with E-state index in [9.17, 15) is 9.59 Å². The third-order valence-corrected chi connectivity index (χ3v) is 3.02. The third kappa shape index (κ3) is 3.98. The van der Waals surface area contributed by atoms with E-state index < -0.39 is 0 Å². The summed E-state index contributed by atoms with van der Waals surface area (Å²) in [7, 11) is 3.03. The maximum Gasteiger partial charge on any atom is 0.310 e. The molecule has 1 N–H and O–H groups in total. The number of ether oxygens (including phenoxy) is 1. The van der Waals surface area contributed by atoms with E-state index in [1.807, 2.05) is 25.1 Å². The Kier molecular flexibility index (Phi) is 6.03. The molecule has 0 aliphatic heterocycles. The molecule has 1 aromatic carbocycles. The van der Waals surface area contributed by atoms with Crippen LogP contribution >= 0.6 is 0 Å². The Bertz CT molecular complexity index is 474. The van der Waals surface area contributed by atoms with Crippen LogP contribution in [0.5, 0.6) is 0 Å². The van der Waals surface area contributed by atoms with Crippen molar-refractivity contribution in [3.05, 3.63) is 29.8 Å².